The molecular formula is C18H16F5NO4. The summed E-state index contributed by atoms with van der Waals surface area (Å²) in [5.74, 6) is -1.24. The number of ether oxygens (including phenoxy) is 3. The van der Waals surface area contributed by atoms with Crippen LogP contribution in [-0.4, -0.2) is 26.2 Å². The molecular weight excluding hydrogens is 389 g/mol. The van der Waals surface area contributed by atoms with E-state index >= 15 is 0 Å². The Morgan fingerprint density at radius 2 is 1.79 bits per heavy atom. The first-order valence-electron chi connectivity index (χ1n) is 7.88. The van der Waals surface area contributed by atoms with Crippen LogP contribution in [0.2, 0.25) is 0 Å². The van der Waals surface area contributed by atoms with E-state index in [-0.39, 0.29) is 18.0 Å². The van der Waals surface area contributed by atoms with E-state index in [1.54, 1.807) is 0 Å². The first-order chi connectivity index (χ1) is 13.2. The lowest BCUT2D eigenvalue weighted by Gasteiger charge is -2.14. The highest BCUT2D eigenvalue weighted by Crippen LogP contribution is 2.35. The molecule has 2 aromatic carbocycles. The van der Waals surface area contributed by atoms with Crippen molar-refractivity contribution >= 4 is 5.91 Å². The van der Waals surface area contributed by atoms with Gasteiger partial charge < -0.3 is 19.5 Å². The number of benzene rings is 2. The van der Waals surface area contributed by atoms with Gasteiger partial charge in [-0.25, -0.2) is 0 Å². The van der Waals surface area contributed by atoms with Gasteiger partial charge in [-0.15, -0.1) is 0 Å². The Kier molecular flexibility index (Phi) is 7.02. The summed E-state index contributed by atoms with van der Waals surface area (Å²) in [5.41, 5.74) is -0.482. The van der Waals surface area contributed by atoms with Crippen molar-refractivity contribution in [2.75, 3.05) is 13.7 Å². The Balaban J connectivity index is 1.93. The van der Waals surface area contributed by atoms with Crippen LogP contribution in [0.15, 0.2) is 42.5 Å². The van der Waals surface area contributed by atoms with E-state index in [1.165, 1.54) is 37.4 Å². The van der Waals surface area contributed by atoms with E-state index in [0.717, 1.165) is 12.1 Å². The number of halogens is 5. The average Bonchev–Trinajstić information content (AvgIpc) is 2.64. The van der Waals surface area contributed by atoms with Gasteiger partial charge in [0.05, 0.1) is 12.7 Å². The van der Waals surface area contributed by atoms with Crippen molar-refractivity contribution in [2.45, 2.75) is 19.3 Å². The topological polar surface area (TPSA) is 56.8 Å². The molecule has 2 aromatic rings. The van der Waals surface area contributed by atoms with Crippen LogP contribution in [0.3, 0.4) is 0 Å². The highest BCUT2D eigenvalue weighted by atomic mass is 19.4. The van der Waals surface area contributed by atoms with Crippen molar-refractivity contribution in [1.29, 1.82) is 0 Å². The highest BCUT2D eigenvalue weighted by molar-refractivity contribution is 5.77. The fourth-order valence-electron chi connectivity index (χ4n) is 2.24. The van der Waals surface area contributed by atoms with Crippen molar-refractivity contribution < 1.29 is 41.0 Å². The predicted molar refractivity (Wildman–Crippen MR) is 88.4 cm³/mol. The van der Waals surface area contributed by atoms with Crippen LogP contribution in [-0.2, 0) is 17.5 Å². The van der Waals surface area contributed by atoms with Crippen molar-refractivity contribution in [2.24, 2.45) is 0 Å². The van der Waals surface area contributed by atoms with E-state index in [4.69, 9.17) is 9.47 Å². The third-order valence-corrected chi connectivity index (χ3v) is 3.49. The summed E-state index contributed by atoms with van der Waals surface area (Å²) in [6.45, 7) is -3.67. The van der Waals surface area contributed by atoms with Crippen LogP contribution in [0, 0.1) is 0 Å². The van der Waals surface area contributed by atoms with Gasteiger partial charge in [-0.3, -0.25) is 4.79 Å². The van der Waals surface area contributed by atoms with Gasteiger partial charge in [0.25, 0.3) is 5.91 Å². The average molecular weight is 405 g/mol. The SMILES string of the molecule is COc1cc(CNC(=O)COc2ccccc2C(F)(F)F)ccc1OC(F)F. The number of alkyl halides is 5. The van der Waals surface area contributed by atoms with E-state index in [1.807, 2.05) is 0 Å². The van der Waals surface area contributed by atoms with Gasteiger partial charge in [-0.2, -0.15) is 22.0 Å². The number of para-hydroxylation sites is 1. The molecule has 1 amide bonds. The van der Waals surface area contributed by atoms with Gasteiger partial charge in [0.2, 0.25) is 0 Å². The number of nitrogens with one attached hydrogen (secondary N) is 1. The molecule has 0 fully saturated rings. The number of amides is 1. The van der Waals surface area contributed by atoms with Crippen molar-refractivity contribution in [1.82, 2.24) is 5.32 Å². The first-order valence-corrected chi connectivity index (χ1v) is 7.88. The molecule has 0 aliphatic carbocycles. The minimum atomic E-state index is -4.61. The van der Waals surface area contributed by atoms with Gasteiger partial charge in [0, 0.05) is 6.54 Å². The Morgan fingerprint density at radius 3 is 2.43 bits per heavy atom. The number of hydrogen-bond acceptors (Lipinski definition) is 4. The molecule has 28 heavy (non-hydrogen) atoms. The zero-order valence-corrected chi connectivity index (χ0v) is 14.6. The standard InChI is InChI=1S/C18H16F5NO4/c1-26-15-8-11(6-7-14(15)28-17(19)20)9-24-16(25)10-27-13-5-3-2-4-12(13)18(21,22)23/h2-8,17H,9-10H2,1H3,(H,24,25). The minimum Gasteiger partial charge on any atom is -0.493 e. The maximum atomic E-state index is 12.9. The molecule has 0 atom stereocenters. The van der Waals surface area contributed by atoms with Gasteiger partial charge in [-0.1, -0.05) is 18.2 Å². The Morgan fingerprint density at radius 1 is 1.07 bits per heavy atom. The summed E-state index contributed by atoms with van der Waals surface area (Å²) < 4.78 is 77.4. The van der Waals surface area contributed by atoms with Gasteiger partial charge in [0.1, 0.15) is 5.75 Å². The van der Waals surface area contributed by atoms with E-state index < -0.39 is 36.6 Å². The molecule has 0 radical (unpaired) electrons. The molecule has 5 nitrogen and oxygen atoms in total. The molecule has 10 heteroatoms. The number of carbonyl (C=O) groups excluding carboxylic acids is 1. The van der Waals surface area contributed by atoms with E-state index in [0.29, 0.717) is 5.56 Å². The lowest BCUT2D eigenvalue weighted by atomic mass is 10.2. The largest absolute Gasteiger partial charge is 0.493 e. The normalized spacial score (nSPS) is 11.2. The second-order valence-electron chi connectivity index (χ2n) is 5.42. The van der Waals surface area contributed by atoms with Crippen LogP contribution >= 0.6 is 0 Å². The second kappa shape index (κ2) is 9.25. The van der Waals surface area contributed by atoms with Gasteiger partial charge >= 0.3 is 12.8 Å². The van der Waals surface area contributed by atoms with E-state index in [2.05, 4.69) is 10.1 Å². The highest BCUT2D eigenvalue weighted by Gasteiger charge is 2.34. The third kappa shape index (κ3) is 6.00. The predicted octanol–water partition coefficient (Wildman–Crippen LogP) is 4.01. The lowest BCUT2D eigenvalue weighted by molar-refractivity contribution is -0.139. The zero-order chi connectivity index (χ0) is 20.7. The second-order valence-corrected chi connectivity index (χ2v) is 5.42. The molecule has 0 bridgehead atoms. The molecule has 0 saturated carbocycles. The van der Waals surface area contributed by atoms with E-state index in [9.17, 15) is 26.7 Å². The molecule has 1 N–H and O–H groups in total. The smallest absolute Gasteiger partial charge is 0.419 e. The number of methoxy groups -OCH3 is 1. The molecule has 0 spiro atoms. The summed E-state index contributed by atoms with van der Waals surface area (Å²) in [6, 6.07) is 8.61. The quantitative estimate of drug-likeness (QED) is 0.675. The maximum Gasteiger partial charge on any atom is 0.419 e. The Labute approximate surface area is 157 Å². The number of rotatable bonds is 8. The van der Waals surface area contributed by atoms with Crippen LogP contribution in [0.5, 0.6) is 17.2 Å². The van der Waals surface area contributed by atoms with Gasteiger partial charge in [-0.05, 0) is 29.8 Å². The van der Waals surface area contributed by atoms with Crippen LogP contribution in [0.1, 0.15) is 11.1 Å². The van der Waals surface area contributed by atoms with Crippen molar-refractivity contribution in [3.05, 3.63) is 53.6 Å². The number of hydrogen-bond donors (Lipinski definition) is 1. The molecule has 0 saturated heterocycles. The molecule has 0 aliphatic heterocycles. The first kappa shape index (κ1) is 21.3. The third-order valence-electron chi connectivity index (χ3n) is 3.49. The number of carbonyl (C=O) groups is 1. The zero-order valence-electron chi connectivity index (χ0n) is 14.6. The van der Waals surface area contributed by atoms with Gasteiger partial charge in [0.15, 0.2) is 18.1 Å². The van der Waals surface area contributed by atoms with Crippen LogP contribution in [0.4, 0.5) is 22.0 Å². The van der Waals surface area contributed by atoms with Crippen LogP contribution in [0.25, 0.3) is 0 Å². The molecule has 0 heterocycles. The molecule has 2 rings (SSSR count). The van der Waals surface area contributed by atoms with Crippen molar-refractivity contribution in [3.8, 4) is 17.2 Å². The Hall–Kier alpha value is -3.04. The maximum absolute atomic E-state index is 12.9. The summed E-state index contributed by atoms with van der Waals surface area (Å²) in [7, 11) is 1.27. The van der Waals surface area contributed by atoms with Crippen LogP contribution < -0.4 is 19.5 Å². The molecule has 0 aliphatic rings. The minimum absolute atomic E-state index is 0.0194. The summed E-state index contributed by atoms with van der Waals surface area (Å²) in [5, 5.41) is 2.45. The fourth-order valence-corrected chi connectivity index (χ4v) is 2.24. The summed E-state index contributed by atoms with van der Waals surface area (Å²) in [4.78, 5) is 11.8. The lowest BCUT2D eigenvalue weighted by Crippen LogP contribution is -2.28. The molecule has 0 aromatic heterocycles. The summed E-state index contributed by atoms with van der Waals surface area (Å²) >= 11 is 0. The fraction of sp³-hybridized carbons (Fsp3) is 0.278. The molecule has 152 valence electrons. The molecule has 0 unspecified atom stereocenters. The Bertz CT molecular complexity index is 811. The summed E-state index contributed by atoms with van der Waals surface area (Å²) in [6.07, 6.45) is -4.61. The van der Waals surface area contributed by atoms with Crippen molar-refractivity contribution in [3.63, 3.8) is 0 Å². The monoisotopic (exact) mass is 405 g/mol.